The Balaban J connectivity index is 1.80. The van der Waals surface area contributed by atoms with Crippen LogP contribution in [0.15, 0.2) is 47.5 Å². The van der Waals surface area contributed by atoms with Crippen LogP contribution in [0.1, 0.15) is 18.4 Å². The molecule has 2 heterocycles. The smallest absolute Gasteiger partial charge is 0.244 e. The molecule has 0 unspecified atom stereocenters. The maximum absolute atomic E-state index is 12.4. The molecule has 0 bridgehead atoms. The minimum absolute atomic E-state index is 0.254. The highest BCUT2D eigenvalue weighted by molar-refractivity contribution is 7.89. The maximum Gasteiger partial charge on any atom is 0.244 e. The molecule has 1 fully saturated rings. The lowest BCUT2D eigenvalue weighted by Crippen LogP contribution is -2.27. The van der Waals surface area contributed by atoms with E-state index in [1.54, 1.807) is 12.1 Å². The molecule has 0 atom stereocenters. The fraction of sp³-hybridized carbons (Fsp3) is 0.312. The normalized spacial score (nSPS) is 15.9. The highest BCUT2D eigenvalue weighted by Gasteiger charge is 2.27. The van der Waals surface area contributed by atoms with Crippen molar-refractivity contribution in [3.63, 3.8) is 0 Å². The summed E-state index contributed by atoms with van der Waals surface area (Å²) in [4.78, 5) is 4.49. The summed E-state index contributed by atoms with van der Waals surface area (Å²) >= 11 is 0. The largest absolute Gasteiger partial charge is 0.340 e. The summed E-state index contributed by atoms with van der Waals surface area (Å²) in [6.45, 7) is 3.21. The summed E-state index contributed by atoms with van der Waals surface area (Å²) in [5.74, 6) is 0.634. The first-order valence-corrected chi connectivity index (χ1v) is 8.80. The second-order valence-electron chi connectivity index (χ2n) is 5.43. The number of anilines is 2. The van der Waals surface area contributed by atoms with E-state index in [9.17, 15) is 8.42 Å². The van der Waals surface area contributed by atoms with Crippen molar-refractivity contribution in [2.24, 2.45) is 0 Å². The lowest BCUT2D eigenvalue weighted by atomic mass is 10.2. The molecule has 1 aliphatic rings. The van der Waals surface area contributed by atoms with E-state index in [1.165, 1.54) is 10.5 Å². The van der Waals surface area contributed by atoms with Gasteiger partial charge in [-0.05, 0) is 43.5 Å². The Hall–Kier alpha value is -1.92. The fourth-order valence-corrected chi connectivity index (χ4v) is 4.00. The van der Waals surface area contributed by atoms with Gasteiger partial charge in [-0.3, -0.25) is 0 Å². The molecule has 1 aromatic carbocycles. The summed E-state index contributed by atoms with van der Waals surface area (Å²) in [6, 6.07) is 11.2. The number of hydrogen-bond acceptors (Lipinski definition) is 4. The average Bonchev–Trinajstić information content (AvgIpc) is 3.05. The molecule has 116 valence electrons. The minimum atomic E-state index is -3.39. The van der Waals surface area contributed by atoms with Crippen molar-refractivity contribution in [3.8, 4) is 0 Å². The first kappa shape index (κ1) is 15.0. The zero-order valence-corrected chi connectivity index (χ0v) is 13.3. The number of sulfonamides is 1. The molecule has 0 aliphatic carbocycles. The maximum atomic E-state index is 12.4. The number of hydrogen-bond donors (Lipinski definition) is 1. The molecule has 2 aromatic rings. The van der Waals surface area contributed by atoms with E-state index < -0.39 is 10.0 Å². The van der Waals surface area contributed by atoms with Crippen LogP contribution in [0.5, 0.6) is 0 Å². The SMILES string of the molecule is Cc1ccccc1Nc1ccc(S(=O)(=O)N2CCCC2)cn1. The molecular formula is C16H19N3O2S. The van der Waals surface area contributed by atoms with Crippen molar-refractivity contribution in [3.05, 3.63) is 48.2 Å². The predicted molar refractivity (Wildman–Crippen MR) is 86.7 cm³/mol. The number of rotatable bonds is 4. The molecule has 1 aromatic heterocycles. The Morgan fingerprint density at radius 1 is 1.09 bits per heavy atom. The van der Waals surface area contributed by atoms with Gasteiger partial charge < -0.3 is 5.32 Å². The average molecular weight is 317 g/mol. The molecule has 1 N–H and O–H groups in total. The van der Waals surface area contributed by atoms with E-state index in [1.807, 2.05) is 31.2 Å². The third-order valence-corrected chi connectivity index (χ3v) is 5.73. The van der Waals surface area contributed by atoms with Gasteiger partial charge in [0.2, 0.25) is 10.0 Å². The van der Waals surface area contributed by atoms with Crippen molar-refractivity contribution >= 4 is 21.5 Å². The second kappa shape index (κ2) is 6.06. The van der Waals surface area contributed by atoms with E-state index in [2.05, 4.69) is 10.3 Å². The Labute approximate surface area is 131 Å². The first-order chi connectivity index (χ1) is 10.6. The van der Waals surface area contributed by atoms with Crippen molar-refractivity contribution in [1.82, 2.24) is 9.29 Å². The van der Waals surface area contributed by atoms with Gasteiger partial charge >= 0.3 is 0 Å². The van der Waals surface area contributed by atoms with Crippen molar-refractivity contribution < 1.29 is 8.42 Å². The molecule has 22 heavy (non-hydrogen) atoms. The molecule has 0 radical (unpaired) electrons. The predicted octanol–water partition coefficient (Wildman–Crippen LogP) is 2.92. The zero-order chi connectivity index (χ0) is 15.6. The topological polar surface area (TPSA) is 62.3 Å². The molecular weight excluding hydrogens is 298 g/mol. The van der Waals surface area contributed by atoms with Crippen LogP contribution in [0.25, 0.3) is 0 Å². The Morgan fingerprint density at radius 2 is 1.82 bits per heavy atom. The van der Waals surface area contributed by atoms with E-state index >= 15 is 0 Å². The highest BCUT2D eigenvalue weighted by Crippen LogP contribution is 2.23. The summed E-state index contributed by atoms with van der Waals surface area (Å²) in [5, 5.41) is 3.20. The van der Waals surface area contributed by atoms with Crippen LogP contribution >= 0.6 is 0 Å². The van der Waals surface area contributed by atoms with Crippen molar-refractivity contribution in [1.29, 1.82) is 0 Å². The lowest BCUT2D eigenvalue weighted by molar-refractivity contribution is 0.477. The molecule has 1 aliphatic heterocycles. The first-order valence-electron chi connectivity index (χ1n) is 7.36. The Morgan fingerprint density at radius 3 is 2.45 bits per heavy atom. The van der Waals surface area contributed by atoms with E-state index in [0.29, 0.717) is 18.9 Å². The van der Waals surface area contributed by atoms with E-state index in [-0.39, 0.29) is 4.90 Å². The zero-order valence-electron chi connectivity index (χ0n) is 12.5. The summed E-state index contributed by atoms with van der Waals surface area (Å²) < 4.78 is 26.4. The third-order valence-electron chi connectivity index (χ3n) is 3.85. The molecule has 0 amide bonds. The number of benzene rings is 1. The molecule has 5 nitrogen and oxygen atoms in total. The Bertz CT molecular complexity index is 751. The Kier molecular flexibility index (Phi) is 4.13. The molecule has 1 saturated heterocycles. The summed E-state index contributed by atoms with van der Waals surface area (Å²) in [6.07, 6.45) is 3.29. The second-order valence-corrected chi connectivity index (χ2v) is 7.37. The van der Waals surface area contributed by atoms with Crippen LogP contribution in [-0.2, 0) is 10.0 Å². The lowest BCUT2D eigenvalue weighted by Gasteiger charge is -2.15. The number of aryl methyl sites for hydroxylation is 1. The van der Waals surface area contributed by atoms with E-state index in [4.69, 9.17) is 0 Å². The molecule has 0 saturated carbocycles. The van der Waals surface area contributed by atoms with Crippen LogP contribution in [0.2, 0.25) is 0 Å². The summed E-state index contributed by atoms with van der Waals surface area (Å²) in [5.41, 5.74) is 2.07. The van der Waals surface area contributed by atoms with Crippen LogP contribution in [0.4, 0.5) is 11.5 Å². The number of aromatic nitrogens is 1. The van der Waals surface area contributed by atoms with Gasteiger partial charge in [0.15, 0.2) is 0 Å². The monoisotopic (exact) mass is 317 g/mol. The van der Waals surface area contributed by atoms with Crippen LogP contribution in [0, 0.1) is 6.92 Å². The standard InChI is InChI=1S/C16H19N3O2S/c1-13-6-2-3-7-15(13)18-16-9-8-14(12-17-16)22(20,21)19-10-4-5-11-19/h2-3,6-9,12H,4-5,10-11H2,1H3,(H,17,18). The van der Waals surface area contributed by atoms with Gasteiger partial charge in [0.1, 0.15) is 10.7 Å². The number of pyridine rings is 1. The van der Waals surface area contributed by atoms with Crippen LogP contribution in [0.3, 0.4) is 0 Å². The fourth-order valence-electron chi connectivity index (χ4n) is 2.54. The third kappa shape index (κ3) is 2.98. The van der Waals surface area contributed by atoms with Gasteiger partial charge in [0.25, 0.3) is 0 Å². The molecule has 6 heteroatoms. The minimum Gasteiger partial charge on any atom is -0.340 e. The molecule has 3 rings (SSSR count). The number of para-hydroxylation sites is 1. The highest BCUT2D eigenvalue weighted by atomic mass is 32.2. The summed E-state index contributed by atoms with van der Waals surface area (Å²) in [7, 11) is -3.39. The van der Waals surface area contributed by atoms with E-state index in [0.717, 1.165) is 24.1 Å². The quantitative estimate of drug-likeness (QED) is 0.942. The van der Waals surface area contributed by atoms with Gasteiger partial charge in [-0.1, -0.05) is 18.2 Å². The van der Waals surface area contributed by atoms with Gasteiger partial charge in [-0.2, -0.15) is 4.31 Å². The van der Waals surface area contributed by atoms with Crippen molar-refractivity contribution in [2.75, 3.05) is 18.4 Å². The number of nitrogens with zero attached hydrogens (tertiary/aromatic N) is 2. The number of nitrogens with one attached hydrogen (secondary N) is 1. The van der Waals surface area contributed by atoms with Crippen molar-refractivity contribution in [2.45, 2.75) is 24.7 Å². The van der Waals surface area contributed by atoms with Gasteiger partial charge in [0.05, 0.1) is 0 Å². The van der Waals surface area contributed by atoms with Gasteiger partial charge in [0, 0.05) is 25.0 Å². The van der Waals surface area contributed by atoms with Gasteiger partial charge in [-0.25, -0.2) is 13.4 Å². The molecule has 0 spiro atoms. The van der Waals surface area contributed by atoms with Crippen LogP contribution in [-0.4, -0.2) is 30.8 Å². The van der Waals surface area contributed by atoms with Gasteiger partial charge in [-0.15, -0.1) is 0 Å². The van der Waals surface area contributed by atoms with Crippen LogP contribution < -0.4 is 5.32 Å².